The quantitative estimate of drug-likeness (QED) is 0.172. The second-order valence-electron chi connectivity index (χ2n) is 10.1. The molecule has 0 aromatic heterocycles. The molecule has 0 saturated carbocycles. The average Bonchev–Trinajstić information content (AvgIpc) is 3.32. The van der Waals surface area contributed by atoms with Crippen molar-refractivity contribution >= 4 is 40.3 Å². The van der Waals surface area contributed by atoms with Crippen LogP contribution in [0.3, 0.4) is 0 Å². The molecule has 38 heavy (non-hydrogen) atoms. The third-order valence-electron chi connectivity index (χ3n) is 6.84. The van der Waals surface area contributed by atoms with Crippen molar-refractivity contribution in [3.8, 4) is 5.75 Å². The predicted octanol–water partition coefficient (Wildman–Crippen LogP) is 9.96. The Hall–Kier alpha value is -1.92. The highest BCUT2D eigenvalue weighted by molar-refractivity contribution is 8.93. The van der Waals surface area contributed by atoms with Crippen LogP contribution in [0.25, 0.3) is 0 Å². The molecular weight excluding hydrogens is 556 g/mol. The molecule has 0 atom stereocenters. The number of rotatable bonds is 18. The van der Waals surface area contributed by atoms with Crippen LogP contribution in [-0.2, 0) is 6.54 Å². The lowest BCUT2D eigenvalue weighted by atomic mass is 10.1. The third kappa shape index (κ3) is 12.3. The highest BCUT2D eigenvalue weighted by Gasteiger charge is 2.15. The molecule has 3 rings (SSSR count). The van der Waals surface area contributed by atoms with E-state index in [9.17, 15) is 4.79 Å². The maximum absolute atomic E-state index is 13.0. The highest BCUT2D eigenvalue weighted by Crippen LogP contribution is 2.27. The van der Waals surface area contributed by atoms with Crippen molar-refractivity contribution in [2.45, 2.75) is 97.4 Å². The van der Waals surface area contributed by atoms with E-state index in [4.69, 9.17) is 4.74 Å². The Morgan fingerprint density at radius 1 is 0.868 bits per heavy atom. The molecule has 1 N–H and O–H groups in total. The van der Waals surface area contributed by atoms with Crippen LogP contribution >= 0.6 is 28.7 Å². The minimum absolute atomic E-state index is 0. The lowest BCUT2D eigenvalue weighted by Gasteiger charge is -2.17. The summed E-state index contributed by atoms with van der Waals surface area (Å²) in [6, 6.07) is 15.6. The lowest BCUT2D eigenvalue weighted by molar-refractivity contribution is 0.102. The second-order valence-corrected chi connectivity index (χ2v) is 11.3. The topological polar surface area (TPSA) is 41.6 Å². The Morgan fingerprint density at radius 2 is 1.47 bits per heavy atom. The first-order valence-corrected chi connectivity index (χ1v) is 15.3. The van der Waals surface area contributed by atoms with E-state index in [2.05, 4.69) is 30.3 Å². The van der Waals surface area contributed by atoms with Gasteiger partial charge in [-0.3, -0.25) is 4.79 Å². The molecule has 6 heteroatoms. The summed E-state index contributed by atoms with van der Waals surface area (Å²) in [6.45, 7) is 5.88. The van der Waals surface area contributed by atoms with Gasteiger partial charge in [0.25, 0.3) is 5.91 Å². The van der Waals surface area contributed by atoms with Crippen LogP contribution in [0.5, 0.6) is 5.75 Å². The van der Waals surface area contributed by atoms with Crippen LogP contribution in [0.1, 0.15) is 107 Å². The van der Waals surface area contributed by atoms with Crippen molar-refractivity contribution in [3.05, 3.63) is 70.8 Å². The van der Waals surface area contributed by atoms with Gasteiger partial charge in [-0.1, -0.05) is 95.8 Å². The Bertz CT molecular complexity index is 964. The van der Waals surface area contributed by atoms with Crippen molar-refractivity contribution in [1.82, 2.24) is 4.90 Å². The van der Waals surface area contributed by atoms with Crippen molar-refractivity contribution in [2.75, 3.05) is 17.8 Å². The molecule has 1 aliphatic rings. The Kier molecular flexibility index (Phi) is 16.3. The van der Waals surface area contributed by atoms with Gasteiger partial charge in [0.1, 0.15) is 5.75 Å². The molecule has 0 saturated heterocycles. The van der Waals surface area contributed by atoms with Crippen LogP contribution < -0.4 is 10.1 Å². The summed E-state index contributed by atoms with van der Waals surface area (Å²) in [6.07, 6.45) is 18.3. The number of halogens is 1. The zero-order valence-corrected chi connectivity index (χ0v) is 25.9. The molecule has 0 fully saturated rings. The van der Waals surface area contributed by atoms with Crippen molar-refractivity contribution in [3.63, 3.8) is 0 Å². The molecule has 0 radical (unpaired) electrons. The van der Waals surface area contributed by atoms with E-state index in [1.54, 1.807) is 0 Å². The minimum Gasteiger partial charge on any atom is -0.494 e. The van der Waals surface area contributed by atoms with Crippen LogP contribution in [0.2, 0.25) is 0 Å². The molecule has 0 aliphatic carbocycles. The third-order valence-corrected chi connectivity index (χ3v) is 7.86. The van der Waals surface area contributed by atoms with E-state index in [-0.39, 0.29) is 22.9 Å². The molecule has 0 spiro atoms. The molecule has 2 aromatic carbocycles. The number of amides is 1. The number of hydrogen-bond acceptors (Lipinski definition) is 4. The normalized spacial score (nSPS) is 12.7. The number of carbonyl (C=O) groups is 1. The van der Waals surface area contributed by atoms with Gasteiger partial charge in [-0.05, 0) is 54.1 Å². The molecule has 1 aliphatic heterocycles. The average molecular weight is 604 g/mol. The van der Waals surface area contributed by atoms with E-state index in [0.29, 0.717) is 0 Å². The van der Waals surface area contributed by atoms with Crippen LogP contribution in [0.4, 0.5) is 5.69 Å². The smallest absolute Gasteiger partial charge is 0.256 e. The molecule has 210 valence electrons. The summed E-state index contributed by atoms with van der Waals surface area (Å²) < 4.78 is 5.92. The van der Waals surface area contributed by atoms with Crippen molar-refractivity contribution in [1.29, 1.82) is 0 Å². The number of ether oxygens (including phenoxy) is 1. The number of thioether (sulfide) groups is 1. The van der Waals surface area contributed by atoms with Gasteiger partial charge in [0.15, 0.2) is 0 Å². The molecule has 1 amide bonds. The van der Waals surface area contributed by atoms with Gasteiger partial charge >= 0.3 is 0 Å². The van der Waals surface area contributed by atoms with Gasteiger partial charge in [-0.2, -0.15) is 0 Å². The summed E-state index contributed by atoms with van der Waals surface area (Å²) in [4.78, 5) is 16.5. The Balaban J connectivity index is 0.00000507. The first kappa shape index (κ1) is 32.3. The fraction of sp³-hybridized carbons (Fsp3) is 0.531. The molecule has 4 nitrogen and oxygen atoms in total. The fourth-order valence-electron chi connectivity index (χ4n) is 4.67. The Labute approximate surface area is 245 Å². The molecular formula is C32H47BrN2O2S. The van der Waals surface area contributed by atoms with Crippen LogP contribution in [0.15, 0.2) is 59.6 Å². The first-order chi connectivity index (χ1) is 18.2. The summed E-state index contributed by atoms with van der Waals surface area (Å²) in [5, 5.41) is 3.04. The number of anilines is 1. The molecule has 0 bridgehead atoms. The zero-order chi connectivity index (χ0) is 26.1. The molecule has 1 heterocycles. The molecule has 0 unspecified atom stereocenters. The SMILES string of the molecule is Br.CCCCCCCCCCCCCCOc1ccc(NC(=O)c2ccccc2CN2C=C(C)SC2)cc1. The number of nitrogens with zero attached hydrogens (tertiary/aromatic N) is 1. The minimum atomic E-state index is -0.0756. The lowest BCUT2D eigenvalue weighted by Crippen LogP contribution is -2.18. The molecule has 2 aromatic rings. The summed E-state index contributed by atoms with van der Waals surface area (Å²) in [7, 11) is 0. The first-order valence-electron chi connectivity index (χ1n) is 14.3. The standard InChI is InChI=1S/C32H46N2O2S.BrH/c1-3-4-5-6-7-8-9-10-11-12-13-16-23-36-30-21-19-29(20-22-30)33-32(35)31-18-15-14-17-28(31)25-34-24-27(2)37-26-34;/h14-15,17-22,24H,3-13,16,23,25-26H2,1-2H3,(H,33,35);1H. The van der Waals surface area contributed by atoms with Crippen molar-refractivity contribution in [2.24, 2.45) is 0 Å². The largest absolute Gasteiger partial charge is 0.494 e. The van der Waals surface area contributed by atoms with Gasteiger partial charge < -0.3 is 15.0 Å². The highest BCUT2D eigenvalue weighted by atomic mass is 79.9. The van der Waals surface area contributed by atoms with E-state index in [1.807, 2.05) is 60.3 Å². The monoisotopic (exact) mass is 602 g/mol. The fourth-order valence-corrected chi connectivity index (χ4v) is 5.43. The second kappa shape index (κ2) is 19.2. The van der Waals surface area contributed by atoms with E-state index in [1.165, 1.54) is 75.5 Å². The maximum Gasteiger partial charge on any atom is 0.256 e. The van der Waals surface area contributed by atoms with Gasteiger partial charge in [0.2, 0.25) is 0 Å². The van der Waals surface area contributed by atoms with Crippen LogP contribution in [-0.4, -0.2) is 23.3 Å². The zero-order valence-electron chi connectivity index (χ0n) is 23.4. The van der Waals surface area contributed by atoms with E-state index < -0.39 is 0 Å². The number of nitrogens with one attached hydrogen (secondary N) is 1. The van der Waals surface area contributed by atoms with Gasteiger partial charge in [-0.15, -0.1) is 28.7 Å². The number of carbonyl (C=O) groups excluding carboxylic acids is 1. The van der Waals surface area contributed by atoms with Crippen molar-refractivity contribution < 1.29 is 9.53 Å². The van der Waals surface area contributed by atoms with Crippen LogP contribution in [0, 0.1) is 0 Å². The number of unbranched alkanes of at least 4 members (excludes halogenated alkanes) is 11. The summed E-state index contributed by atoms with van der Waals surface area (Å²) in [5.41, 5.74) is 2.54. The number of allylic oxidation sites excluding steroid dienone is 1. The number of benzene rings is 2. The van der Waals surface area contributed by atoms with Gasteiger partial charge in [0, 0.05) is 24.0 Å². The maximum atomic E-state index is 13.0. The Morgan fingerprint density at radius 3 is 2.08 bits per heavy atom. The number of hydrogen-bond donors (Lipinski definition) is 1. The summed E-state index contributed by atoms with van der Waals surface area (Å²) >= 11 is 1.83. The van der Waals surface area contributed by atoms with E-state index in [0.717, 1.165) is 48.0 Å². The predicted molar refractivity (Wildman–Crippen MR) is 169 cm³/mol. The van der Waals surface area contributed by atoms with Gasteiger partial charge in [0.05, 0.1) is 12.5 Å². The van der Waals surface area contributed by atoms with E-state index >= 15 is 0 Å². The van der Waals surface area contributed by atoms with Gasteiger partial charge in [-0.25, -0.2) is 0 Å². The summed E-state index contributed by atoms with van der Waals surface area (Å²) in [5.74, 6) is 1.71.